The van der Waals surface area contributed by atoms with Crippen LogP contribution in [0.1, 0.15) is 12.8 Å². The zero-order chi connectivity index (χ0) is 9.23. The Morgan fingerprint density at radius 2 is 1.92 bits per heavy atom. The zero-order valence-corrected chi connectivity index (χ0v) is 6.86. The third-order valence-corrected chi connectivity index (χ3v) is 1.29. The minimum Gasteiger partial charge on any atom is -0.396 e. The first-order chi connectivity index (χ1) is 5.85. The molecule has 0 rings (SSSR count). The average Bonchev–Trinajstić information content (AvgIpc) is 2.11. The largest absolute Gasteiger partial charge is 0.396 e. The SMILES string of the molecule is N#CC(C#N)COCCCCO. The van der Waals surface area contributed by atoms with Gasteiger partial charge in [0.2, 0.25) is 0 Å². The van der Waals surface area contributed by atoms with E-state index in [4.69, 9.17) is 20.4 Å². The van der Waals surface area contributed by atoms with Gasteiger partial charge in [-0.1, -0.05) is 0 Å². The van der Waals surface area contributed by atoms with Gasteiger partial charge in [-0.25, -0.2) is 0 Å². The molecular formula is C8H12N2O2. The van der Waals surface area contributed by atoms with E-state index in [1.54, 1.807) is 0 Å². The molecule has 0 radical (unpaired) electrons. The Balaban J connectivity index is 3.21. The summed E-state index contributed by atoms with van der Waals surface area (Å²) >= 11 is 0. The number of aliphatic hydroxyl groups excluding tert-OH is 1. The maximum absolute atomic E-state index is 8.41. The molecule has 0 amide bonds. The molecule has 0 aromatic rings. The Labute approximate surface area is 72.0 Å². The van der Waals surface area contributed by atoms with E-state index in [0.29, 0.717) is 13.0 Å². The first-order valence-electron chi connectivity index (χ1n) is 3.83. The molecule has 1 N–H and O–H groups in total. The summed E-state index contributed by atoms with van der Waals surface area (Å²) in [6, 6.07) is 3.61. The highest BCUT2D eigenvalue weighted by Crippen LogP contribution is 1.95. The van der Waals surface area contributed by atoms with Crippen molar-refractivity contribution in [1.82, 2.24) is 0 Å². The molecule has 0 unspecified atom stereocenters. The van der Waals surface area contributed by atoms with Gasteiger partial charge >= 0.3 is 0 Å². The minimum absolute atomic E-state index is 0.156. The van der Waals surface area contributed by atoms with Gasteiger partial charge in [0.05, 0.1) is 18.7 Å². The fourth-order valence-electron chi connectivity index (χ4n) is 0.621. The molecule has 0 atom stereocenters. The van der Waals surface area contributed by atoms with Crippen LogP contribution in [-0.4, -0.2) is 24.9 Å². The molecule has 0 saturated heterocycles. The second-order valence-electron chi connectivity index (χ2n) is 2.32. The van der Waals surface area contributed by atoms with Crippen molar-refractivity contribution >= 4 is 0 Å². The number of nitriles is 2. The zero-order valence-electron chi connectivity index (χ0n) is 6.86. The summed E-state index contributed by atoms with van der Waals surface area (Å²) in [4.78, 5) is 0. The first-order valence-corrected chi connectivity index (χ1v) is 3.83. The second-order valence-corrected chi connectivity index (χ2v) is 2.32. The Hall–Kier alpha value is -1.10. The van der Waals surface area contributed by atoms with Crippen molar-refractivity contribution in [3.8, 4) is 12.1 Å². The number of hydrogen-bond donors (Lipinski definition) is 1. The minimum atomic E-state index is -0.667. The van der Waals surface area contributed by atoms with Gasteiger partial charge < -0.3 is 9.84 Å². The van der Waals surface area contributed by atoms with Crippen LogP contribution < -0.4 is 0 Å². The van der Waals surface area contributed by atoms with Crippen LogP contribution in [0.15, 0.2) is 0 Å². The van der Waals surface area contributed by atoms with E-state index < -0.39 is 5.92 Å². The van der Waals surface area contributed by atoms with Crippen LogP contribution in [0.2, 0.25) is 0 Å². The van der Waals surface area contributed by atoms with E-state index in [0.717, 1.165) is 6.42 Å². The number of ether oxygens (including phenoxy) is 1. The molecular weight excluding hydrogens is 156 g/mol. The van der Waals surface area contributed by atoms with Gasteiger partial charge in [0.25, 0.3) is 0 Å². The highest BCUT2D eigenvalue weighted by Gasteiger charge is 2.03. The van der Waals surface area contributed by atoms with Crippen LogP contribution in [0.5, 0.6) is 0 Å². The predicted molar refractivity (Wildman–Crippen MR) is 41.9 cm³/mol. The molecule has 0 aliphatic heterocycles. The van der Waals surface area contributed by atoms with Crippen molar-refractivity contribution in [2.24, 2.45) is 5.92 Å². The van der Waals surface area contributed by atoms with E-state index in [1.807, 2.05) is 12.1 Å². The number of nitrogens with zero attached hydrogens (tertiary/aromatic N) is 2. The molecule has 0 spiro atoms. The molecule has 0 saturated carbocycles. The van der Waals surface area contributed by atoms with Crippen LogP contribution in [0, 0.1) is 28.6 Å². The van der Waals surface area contributed by atoms with E-state index in [9.17, 15) is 0 Å². The molecule has 0 bridgehead atoms. The topological polar surface area (TPSA) is 77.0 Å². The van der Waals surface area contributed by atoms with Crippen LogP contribution in [0.25, 0.3) is 0 Å². The molecule has 4 heteroatoms. The normalized spacial score (nSPS) is 9.33. The highest BCUT2D eigenvalue weighted by atomic mass is 16.5. The molecule has 0 heterocycles. The van der Waals surface area contributed by atoms with Crippen molar-refractivity contribution in [2.75, 3.05) is 19.8 Å². The van der Waals surface area contributed by atoms with Crippen molar-refractivity contribution in [1.29, 1.82) is 10.5 Å². The van der Waals surface area contributed by atoms with Gasteiger partial charge in [0.1, 0.15) is 0 Å². The lowest BCUT2D eigenvalue weighted by Gasteiger charge is -2.01. The second kappa shape index (κ2) is 8.00. The molecule has 0 aliphatic rings. The number of rotatable bonds is 6. The quantitative estimate of drug-likeness (QED) is 0.584. The third-order valence-electron chi connectivity index (χ3n) is 1.29. The van der Waals surface area contributed by atoms with E-state index >= 15 is 0 Å². The predicted octanol–water partition coefficient (Wildman–Crippen LogP) is 0.439. The number of unbranched alkanes of at least 4 members (excludes halogenated alkanes) is 1. The third kappa shape index (κ3) is 5.67. The average molecular weight is 168 g/mol. The maximum Gasteiger partial charge on any atom is 0.156 e. The number of hydrogen-bond acceptors (Lipinski definition) is 4. The Morgan fingerprint density at radius 3 is 2.42 bits per heavy atom. The first kappa shape index (κ1) is 10.9. The summed E-state index contributed by atoms with van der Waals surface area (Å²) in [5.74, 6) is -0.667. The summed E-state index contributed by atoms with van der Waals surface area (Å²) < 4.78 is 5.02. The van der Waals surface area contributed by atoms with Crippen LogP contribution in [0.4, 0.5) is 0 Å². The van der Waals surface area contributed by atoms with E-state index in [2.05, 4.69) is 0 Å². The van der Waals surface area contributed by atoms with Crippen molar-refractivity contribution in [2.45, 2.75) is 12.8 Å². The summed E-state index contributed by atoms with van der Waals surface area (Å²) in [5, 5.41) is 25.1. The van der Waals surface area contributed by atoms with E-state index in [1.165, 1.54) is 0 Å². The van der Waals surface area contributed by atoms with Crippen LogP contribution in [-0.2, 0) is 4.74 Å². The lowest BCUT2D eigenvalue weighted by atomic mass is 10.2. The van der Waals surface area contributed by atoms with Gasteiger partial charge in [-0.3, -0.25) is 0 Å². The van der Waals surface area contributed by atoms with Gasteiger partial charge in [0.15, 0.2) is 5.92 Å². The fraction of sp³-hybridized carbons (Fsp3) is 0.750. The highest BCUT2D eigenvalue weighted by molar-refractivity contribution is 4.98. The Morgan fingerprint density at radius 1 is 1.25 bits per heavy atom. The van der Waals surface area contributed by atoms with Gasteiger partial charge in [-0.2, -0.15) is 10.5 Å². The standard InChI is InChI=1S/C8H12N2O2/c9-5-8(6-10)7-12-4-2-1-3-11/h8,11H,1-4,7H2. The Kier molecular flexibility index (Phi) is 7.27. The molecule has 4 nitrogen and oxygen atoms in total. The summed E-state index contributed by atoms with van der Waals surface area (Å²) in [5.41, 5.74) is 0. The van der Waals surface area contributed by atoms with E-state index in [-0.39, 0.29) is 13.2 Å². The fourth-order valence-corrected chi connectivity index (χ4v) is 0.621. The van der Waals surface area contributed by atoms with Gasteiger partial charge in [-0.05, 0) is 12.8 Å². The summed E-state index contributed by atoms with van der Waals surface area (Å²) in [6.07, 6.45) is 1.46. The molecule has 12 heavy (non-hydrogen) atoms. The molecule has 0 fully saturated rings. The van der Waals surface area contributed by atoms with Crippen molar-refractivity contribution in [3.05, 3.63) is 0 Å². The van der Waals surface area contributed by atoms with Crippen LogP contribution in [0.3, 0.4) is 0 Å². The smallest absolute Gasteiger partial charge is 0.156 e. The summed E-state index contributed by atoms with van der Waals surface area (Å²) in [6.45, 7) is 0.822. The van der Waals surface area contributed by atoms with Crippen molar-refractivity contribution < 1.29 is 9.84 Å². The lowest BCUT2D eigenvalue weighted by molar-refractivity contribution is 0.117. The number of aliphatic hydroxyl groups is 1. The van der Waals surface area contributed by atoms with Gasteiger partial charge in [0, 0.05) is 13.2 Å². The molecule has 66 valence electrons. The molecule has 0 aliphatic carbocycles. The Bertz CT molecular complexity index is 166. The van der Waals surface area contributed by atoms with Gasteiger partial charge in [-0.15, -0.1) is 0 Å². The monoisotopic (exact) mass is 168 g/mol. The van der Waals surface area contributed by atoms with Crippen molar-refractivity contribution in [3.63, 3.8) is 0 Å². The summed E-state index contributed by atoms with van der Waals surface area (Å²) in [7, 11) is 0. The lowest BCUT2D eigenvalue weighted by Crippen LogP contribution is -2.06. The maximum atomic E-state index is 8.41. The molecule has 0 aromatic carbocycles. The van der Waals surface area contributed by atoms with Crippen LogP contribution >= 0.6 is 0 Å². The molecule has 0 aromatic heterocycles.